The first-order valence-electron chi connectivity index (χ1n) is 9.30. The molecule has 0 aromatic carbocycles. The molecule has 0 radical (unpaired) electrons. The van der Waals surface area contributed by atoms with Crippen LogP contribution in [0.2, 0.25) is 0 Å². The lowest BCUT2D eigenvalue weighted by Gasteiger charge is -2.33. The molecule has 6 nitrogen and oxygen atoms in total. The Kier molecular flexibility index (Phi) is 5.02. The van der Waals surface area contributed by atoms with Crippen molar-refractivity contribution in [2.45, 2.75) is 38.6 Å². The van der Waals surface area contributed by atoms with Gasteiger partial charge in [-0.15, -0.1) is 0 Å². The predicted octanol–water partition coefficient (Wildman–Crippen LogP) is 3.00. The average Bonchev–Trinajstić information content (AvgIpc) is 3.18. The Bertz CT molecular complexity index is 844. The van der Waals surface area contributed by atoms with Crippen LogP contribution in [0.15, 0.2) is 49.3 Å². The molecule has 0 amide bonds. The minimum Gasteiger partial charge on any atom is -0.298 e. The first-order chi connectivity index (χ1) is 12.8. The van der Waals surface area contributed by atoms with Crippen LogP contribution in [-0.2, 0) is 13.0 Å². The molecule has 1 atom stereocenters. The topological polar surface area (TPSA) is 59.7 Å². The van der Waals surface area contributed by atoms with E-state index in [9.17, 15) is 0 Å². The lowest BCUT2D eigenvalue weighted by molar-refractivity contribution is 0.198. The van der Waals surface area contributed by atoms with E-state index in [1.807, 2.05) is 30.9 Å². The van der Waals surface area contributed by atoms with Crippen LogP contribution in [0.25, 0.3) is 5.82 Å². The molecule has 0 saturated carbocycles. The number of nitrogens with zero attached hydrogens (tertiary/aromatic N) is 6. The maximum Gasteiger partial charge on any atom is 0.160 e. The molecule has 4 rings (SSSR count). The molecule has 1 saturated heterocycles. The molecule has 3 aromatic heterocycles. The number of aryl methyl sites for hydroxylation is 1. The minimum absolute atomic E-state index is 0.385. The number of piperidine rings is 1. The fraction of sp³-hybridized carbons (Fsp3) is 0.400. The van der Waals surface area contributed by atoms with E-state index in [0.717, 1.165) is 49.8 Å². The Labute approximate surface area is 154 Å². The third-order valence-corrected chi connectivity index (χ3v) is 4.99. The van der Waals surface area contributed by atoms with Crippen LogP contribution in [0.3, 0.4) is 0 Å². The molecule has 134 valence electrons. The molecule has 26 heavy (non-hydrogen) atoms. The number of rotatable bonds is 5. The van der Waals surface area contributed by atoms with Gasteiger partial charge in [0.2, 0.25) is 0 Å². The molecular weight excluding hydrogens is 324 g/mol. The molecule has 4 heterocycles. The van der Waals surface area contributed by atoms with Crippen LogP contribution < -0.4 is 0 Å². The number of pyridine rings is 1. The Morgan fingerprint density at radius 1 is 1.12 bits per heavy atom. The van der Waals surface area contributed by atoms with Gasteiger partial charge in [0.25, 0.3) is 0 Å². The Morgan fingerprint density at radius 2 is 2.04 bits per heavy atom. The van der Waals surface area contributed by atoms with Gasteiger partial charge in [-0.05, 0) is 31.0 Å². The number of hydrogen-bond acceptors (Lipinski definition) is 5. The van der Waals surface area contributed by atoms with Crippen LogP contribution in [0.5, 0.6) is 0 Å². The van der Waals surface area contributed by atoms with E-state index in [2.05, 4.69) is 37.4 Å². The highest BCUT2D eigenvalue weighted by molar-refractivity contribution is 5.33. The zero-order chi connectivity index (χ0) is 17.8. The van der Waals surface area contributed by atoms with Crippen LogP contribution in [0.1, 0.15) is 42.8 Å². The monoisotopic (exact) mass is 348 g/mol. The van der Waals surface area contributed by atoms with Crippen molar-refractivity contribution >= 4 is 0 Å². The van der Waals surface area contributed by atoms with Gasteiger partial charge in [0.15, 0.2) is 5.82 Å². The van der Waals surface area contributed by atoms with E-state index in [1.165, 1.54) is 12.0 Å². The number of hydrogen-bond donors (Lipinski definition) is 0. The summed E-state index contributed by atoms with van der Waals surface area (Å²) in [6.45, 7) is 5.17. The lowest BCUT2D eigenvalue weighted by Crippen LogP contribution is -2.34. The van der Waals surface area contributed by atoms with E-state index < -0.39 is 0 Å². The molecule has 1 fully saturated rings. The van der Waals surface area contributed by atoms with E-state index in [-0.39, 0.29) is 0 Å². The van der Waals surface area contributed by atoms with Gasteiger partial charge in [0, 0.05) is 62.6 Å². The fourth-order valence-corrected chi connectivity index (χ4v) is 3.78. The van der Waals surface area contributed by atoms with Crippen molar-refractivity contribution in [3.8, 4) is 5.82 Å². The summed E-state index contributed by atoms with van der Waals surface area (Å²) >= 11 is 0. The molecule has 0 spiro atoms. The van der Waals surface area contributed by atoms with Crippen molar-refractivity contribution in [1.82, 2.24) is 29.4 Å². The summed E-state index contributed by atoms with van der Waals surface area (Å²) in [6.07, 6.45) is 14.4. The second-order valence-corrected chi connectivity index (χ2v) is 6.77. The summed E-state index contributed by atoms with van der Waals surface area (Å²) in [4.78, 5) is 20.6. The molecule has 6 heteroatoms. The van der Waals surface area contributed by atoms with Gasteiger partial charge in [-0.2, -0.15) is 0 Å². The predicted molar refractivity (Wildman–Crippen MR) is 100 cm³/mol. The van der Waals surface area contributed by atoms with Crippen molar-refractivity contribution in [3.63, 3.8) is 0 Å². The van der Waals surface area contributed by atoms with Gasteiger partial charge in [-0.3, -0.25) is 19.4 Å². The lowest BCUT2D eigenvalue weighted by atomic mass is 9.94. The number of aromatic nitrogens is 5. The summed E-state index contributed by atoms with van der Waals surface area (Å²) in [5, 5.41) is 0. The van der Waals surface area contributed by atoms with Gasteiger partial charge in [-0.25, -0.2) is 9.97 Å². The largest absolute Gasteiger partial charge is 0.298 e. The minimum atomic E-state index is 0.385. The average molecular weight is 348 g/mol. The molecular formula is C20H24N6. The van der Waals surface area contributed by atoms with E-state index >= 15 is 0 Å². The van der Waals surface area contributed by atoms with Crippen LogP contribution >= 0.6 is 0 Å². The quantitative estimate of drug-likeness (QED) is 0.709. The number of likely N-dealkylation sites (tertiary alicyclic amines) is 1. The smallest absolute Gasteiger partial charge is 0.160 e. The zero-order valence-electron chi connectivity index (χ0n) is 15.1. The Morgan fingerprint density at radius 3 is 2.88 bits per heavy atom. The maximum absolute atomic E-state index is 4.73. The highest BCUT2D eigenvalue weighted by Crippen LogP contribution is 2.29. The van der Waals surface area contributed by atoms with E-state index in [0.29, 0.717) is 5.92 Å². The highest BCUT2D eigenvalue weighted by Gasteiger charge is 2.26. The van der Waals surface area contributed by atoms with Gasteiger partial charge in [-0.1, -0.05) is 13.0 Å². The molecule has 0 N–H and O–H groups in total. The summed E-state index contributed by atoms with van der Waals surface area (Å²) < 4.78 is 2.09. The molecule has 1 unspecified atom stereocenters. The van der Waals surface area contributed by atoms with Gasteiger partial charge >= 0.3 is 0 Å². The molecule has 3 aromatic rings. The fourth-order valence-electron chi connectivity index (χ4n) is 3.78. The normalized spacial score (nSPS) is 18.1. The summed E-state index contributed by atoms with van der Waals surface area (Å²) in [5.74, 6) is 2.33. The first kappa shape index (κ1) is 16.8. The maximum atomic E-state index is 4.73. The van der Waals surface area contributed by atoms with Crippen molar-refractivity contribution in [3.05, 3.63) is 66.4 Å². The first-order valence-corrected chi connectivity index (χ1v) is 9.30. The molecule has 1 aliphatic heterocycles. The van der Waals surface area contributed by atoms with Crippen molar-refractivity contribution in [2.24, 2.45) is 0 Å². The second-order valence-electron chi connectivity index (χ2n) is 6.77. The van der Waals surface area contributed by atoms with Crippen molar-refractivity contribution in [1.29, 1.82) is 0 Å². The van der Waals surface area contributed by atoms with Gasteiger partial charge < -0.3 is 0 Å². The number of imidazole rings is 1. The van der Waals surface area contributed by atoms with Gasteiger partial charge in [0.05, 0.1) is 5.69 Å². The van der Waals surface area contributed by atoms with E-state index in [4.69, 9.17) is 4.98 Å². The van der Waals surface area contributed by atoms with Crippen LogP contribution in [0, 0.1) is 0 Å². The van der Waals surface area contributed by atoms with E-state index in [1.54, 1.807) is 12.4 Å². The molecule has 0 aliphatic carbocycles. The second kappa shape index (κ2) is 7.74. The summed E-state index contributed by atoms with van der Waals surface area (Å²) in [6, 6.07) is 4.15. The Balaban J connectivity index is 1.58. The SMILES string of the molecule is CCc1nccn1-c1nccnc1C1CCCN(Cc2cccnc2)C1. The Hall–Kier alpha value is -2.60. The van der Waals surface area contributed by atoms with Gasteiger partial charge in [0.1, 0.15) is 5.82 Å². The third-order valence-electron chi connectivity index (χ3n) is 4.99. The van der Waals surface area contributed by atoms with Crippen LogP contribution in [0.4, 0.5) is 0 Å². The molecule has 1 aliphatic rings. The third kappa shape index (κ3) is 3.51. The zero-order valence-corrected chi connectivity index (χ0v) is 15.1. The van der Waals surface area contributed by atoms with Crippen molar-refractivity contribution < 1.29 is 0 Å². The molecule has 0 bridgehead atoms. The summed E-state index contributed by atoms with van der Waals surface area (Å²) in [5.41, 5.74) is 2.34. The van der Waals surface area contributed by atoms with Crippen LogP contribution in [-0.4, -0.2) is 42.5 Å². The van der Waals surface area contributed by atoms with Crippen molar-refractivity contribution in [2.75, 3.05) is 13.1 Å². The highest BCUT2D eigenvalue weighted by atomic mass is 15.2. The summed E-state index contributed by atoms with van der Waals surface area (Å²) in [7, 11) is 0. The standard InChI is InChI=1S/C20H24N6/c1-2-18-22-10-12-26(18)20-19(23-8-9-24-20)17-6-4-11-25(15-17)14-16-5-3-7-21-13-16/h3,5,7-10,12-13,17H,2,4,6,11,14-15H2,1H3.